The third kappa shape index (κ3) is 5.79. The summed E-state index contributed by atoms with van der Waals surface area (Å²) in [4.78, 5) is 57.3. The van der Waals surface area contributed by atoms with Gasteiger partial charge in [-0.05, 0) is 50.3 Å². The molecule has 2 amide bonds. The number of rotatable bonds is 8. The van der Waals surface area contributed by atoms with Gasteiger partial charge in [0, 0.05) is 37.8 Å². The van der Waals surface area contributed by atoms with Crippen molar-refractivity contribution >= 4 is 46.0 Å². The molecule has 2 aliphatic rings. The lowest BCUT2D eigenvalue weighted by Gasteiger charge is -2.17. The van der Waals surface area contributed by atoms with Crippen molar-refractivity contribution in [3.05, 3.63) is 61.4 Å². The van der Waals surface area contributed by atoms with E-state index in [9.17, 15) is 19.2 Å². The SMILES string of the molecule is Cc1cc(C)c(N=C2SC(CC(=O)NC3CC3)C(=O)N2CCCn2ccc(=O)[nH]c2=O)c(Cl)c1. The smallest absolute Gasteiger partial charge is 0.328 e. The molecule has 1 aromatic carbocycles. The van der Waals surface area contributed by atoms with E-state index in [1.165, 1.54) is 28.6 Å². The quantitative estimate of drug-likeness (QED) is 0.574. The monoisotopic (exact) mass is 503 g/mol. The minimum absolute atomic E-state index is 0.0789. The summed E-state index contributed by atoms with van der Waals surface area (Å²) in [5.41, 5.74) is 1.53. The van der Waals surface area contributed by atoms with Crippen LogP contribution in [0.5, 0.6) is 0 Å². The van der Waals surface area contributed by atoms with Crippen molar-refractivity contribution in [3.63, 3.8) is 0 Å². The first-order valence-corrected chi connectivity index (χ1v) is 12.4. The Balaban J connectivity index is 1.54. The summed E-state index contributed by atoms with van der Waals surface area (Å²) < 4.78 is 1.38. The molecule has 1 aliphatic heterocycles. The Hall–Kier alpha value is -2.85. The number of nitrogens with one attached hydrogen (secondary N) is 2. The zero-order chi connectivity index (χ0) is 24.4. The van der Waals surface area contributed by atoms with Gasteiger partial charge in [-0.1, -0.05) is 29.4 Å². The molecule has 0 radical (unpaired) electrons. The van der Waals surface area contributed by atoms with Crippen LogP contribution in [-0.4, -0.2) is 49.3 Å². The highest BCUT2D eigenvalue weighted by molar-refractivity contribution is 8.15. The van der Waals surface area contributed by atoms with Crippen molar-refractivity contribution in [2.45, 2.75) is 57.4 Å². The Labute approximate surface area is 205 Å². The number of aromatic nitrogens is 2. The van der Waals surface area contributed by atoms with E-state index in [2.05, 4.69) is 10.3 Å². The van der Waals surface area contributed by atoms with Gasteiger partial charge in [-0.15, -0.1) is 0 Å². The number of thioether (sulfide) groups is 1. The van der Waals surface area contributed by atoms with Crippen LogP contribution in [-0.2, 0) is 16.1 Å². The second-order valence-electron chi connectivity index (χ2n) is 8.61. The summed E-state index contributed by atoms with van der Waals surface area (Å²) >= 11 is 7.71. The van der Waals surface area contributed by atoms with Crippen LogP contribution in [0, 0.1) is 13.8 Å². The first-order chi connectivity index (χ1) is 16.2. The van der Waals surface area contributed by atoms with Gasteiger partial charge in [-0.2, -0.15) is 0 Å². The number of halogens is 1. The molecule has 1 saturated heterocycles. The Bertz CT molecular complexity index is 1240. The number of aromatic amines is 1. The molecule has 2 aromatic rings. The van der Waals surface area contributed by atoms with Crippen LogP contribution in [0.3, 0.4) is 0 Å². The molecule has 0 bridgehead atoms. The summed E-state index contributed by atoms with van der Waals surface area (Å²) in [5.74, 6) is -0.330. The average Bonchev–Trinajstić information content (AvgIpc) is 3.52. The summed E-state index contributed by atoms with van der Waals surface area (Å²) in [6.45, 7) is 4.48. The molecule has 2 fully saturated rings. The molecule has 2 N–H and O–H groups in total. The Morgan fingerprint density at radius 1 is 1.24 bits per heavy atom. The number of H-pyrrole nitrogens is 1. The van der Waals surface area contributed by atoms with Gasteiger partial charge in [-0.25, -0.2) is 9.79 Å². The molecule has 34 heavy (non-hydrogen) atoms. The maximum atomic E-state index is 13.2. The van der Waals surface area contributed by atoms with E-state index in [-0.39, 0.29) is 24.3 Å². The van der Waals surface area contributed by atoms with Crippen molar-refractivity contribution in [2.24, 2.45) is 4.99 Å². The minimum Gasteiger partial charge on any atom is -0.353 e. The van der Waals surface area contributed by atoms with Crippen LogP contribution in [0.4, 0.5) is 5.69 Å². The van der Waals surface area contributed by atoms with E-state index >= 15 is 0 Å². The number of benzene rings is 1. The molecule has 1 aliphatic carbocycles. The lowest BCUT2D eigenvalue weighted by molar-refractivity contribution is -0.129. The molecule has 1 atom stereocenters. The first kappa shape index (κ1) is 24.3. The van der Waals surface area contributed by atoms with E-state index in [1.807, 2.05) is 26.0 Å². The fraction of sp³-hybridized carbons (Fsp3) is 0.435. The standard InChI is InChI=1S/C23H26ClN5O4S/c1-13-10-14(2)20(16(24)11-13)27-23-29(8-3-7-28-9-6-18(30)26-22(28)33)21(32)17(34-23)12-19(31)25-15-4-5-15/h6,9-11,15,17H,3-5,7-8,12H2,1-2H3,(H,25,31)(H,26,30,33). The highest BCUT2D eigenvalue weighted by Gasteiger charge is 2.39. The zero-order valence-corrected chi connectivity index (χ0v) is 20.5. The number of amides is 2. The van der Waals surface area contributed by atoms with Crippen LogP contribution >= 0.6 is 23.4 Å². The van der Waals surface area contributed by atoms with E-state index < -0.39 is 16.5 Å². The van der Waals surface area contributed by atoms with Crippen molar-refractivity contribution in [2.75, 3.05) is 6.54 Å². The second kappa shape index (κ2) is 10.2. The van der Waals surface area contributed by atoms with Gasteiger partial charge >= 0.3 is 5.69 Å². The van der Waals surface area contributed by atoms with Crippen LogP contribution in [0.1, 0.15) is 36.8 Å². The third-order valence-electron chi connectivity index (χ3n) is 5.62. The van der Waals surface area contributed by atoms with Gasteiger partial charge in [-0.3, -0.25) is 24.3 Å². The number of nitrogens with zero attached hydrogens (tertiary/aromatic N) is 3. The van der Waals surface area contributed by atoms with Crippen molar-refractivity contribution < 1.29 is 9.59 Å². The maximum Gasteiger partial charge on any atom is 0.328 e. The van der Waals surface area contributed by atoms with Gasteiger partial charge in [0.25, 0.3) is 5.56 Å². The third-order valence-corrected chi connectivity index (χ3v) is 7.08. The molecule has 1 saturated carbocycles. The summed E-state index contributed by atoms with van der Waals surface area (Å²) in [6, 6.07) is 5.30. The molecule has 180 valence electrons. The van der Waals surface area contributed by atoms with Gasteiger partial charge < -0.3 is 9.88 Å². The summed E-state index contributed by atoms with van der Waals surface area (Å²) in [6.07, 6.45) is 3.92. The van der Waals surface area contributed by atoms with Crippen LogP contribution in [0.15, 0.2) is 39.0 Å². The highest BCUT2D eigenvalue weighted by atomic mass is 35.5. The van der Waals surface area contributed by atoms with Gasteiger partial charge in [0.2, 0.25) is 11.8 Å². The highest BCUT2D eigenvalue weighted by Crippen LogP contribution is 2.36. The first-order valence-electron chi connectivity index (χ1n) is 11.1. The molecular weight excluding hydrogens is 478 g/mol. The number of aliphatic imine (C=N–C) groups is 1. The van der Waals surface area contributed by atoms with Gasteiger partial charge in [0.15, 0.2) is 5.17 Å². The molecule has 0 spiro atoms. The van der Waals surface area contributed by atoms with E-state index in [0.29, 0.717) is 35.4 Å². The zero-order valence-electron chi connectivity index (χ0n) is 19.0. The second-order valence-corrected chi connectivity index (χ2v) is 10.2. The number of aryl methyl sites for hydroxylation is 3. The Kier molecular flexibility index (Phi) is 7.27. The van der Waals surface area contributed by atoms with Crippen molar-refractivity contribution in [3.8, 4) is 0 Å². The number of carbonyl (C=O) groups is 2. The number of carbonyl (C=O) groups excluding carboxylic acids is 2. The average molecular weight is 504 g/mol. The minimum atomic E-state index is -0.571. The fourth-order valence-corrected chi connectivity index (χ4v) is 5.31. The molecule has 1 aromatic heterocycles. The summed E-state index contributed by atoms with van der Waals surface area (Å²) in [7, 11) is 0. The maximum absolute atomic E-state index is 13.2. The Morgan fingerprint density at radius 3 is 2.68 bits per heavy atom. The molecular formula is C23H26ClN5O4S. The Morgan fingerprint density at radius 2 is 2.00 bits per heavy atom. The number of amidine groups is 1. The van der Waals surface area contributed by atoms with E-state index in [1.54, 1.807) is 4.90 Å². The molecule has 2 heterocycles. The molecule has 11 heteroatoms. The topological polar surface area (TPSA) is 117 Å². The number of hydrogen-bond donors (Lipinski definition) is 2. The van der Waals surface area contributed by atoms with Crippen LogP contribution in [0.2, 0.25) is 5.02 Å². The van der Waals surface area contributed by atoms with Crippen molar-refractivity contribution in [1.29, 1.82) is 0 Å². The predicted octanol–water partition coefficient (Wildman–Crippen LogP) is 2.50. The van der Waals surface area contributed by atoms with Gasteiger partial charge in [0.1, 0.15) is 5.25 Å². The lowest BCUT2D eigenvalue weighted by Crippen LogP contribution is -2.36. The van der Waals surface area contributed by atoms with E-state index in [0.717, 1.165) is 24.0 Å². The van der Waals surface area contributed by atoms with E-state index in [4.69, 9.17) is 16.6 Å². The number of hydrogen-bond acceptors (Lipinski definition) is 6. The molecule has 1 unspecified atom stereocenters. The normalized spacial score (nSPS) is 19.1. The molecule has 9 nitrogen and oxygen atoms in total. The lowest BCUT2D eigenvalue weighted by atomic mass is 10.1. The largest absolute Gasteiger partial charge is 0.353 e. The fourth-order valence-electron chi connectivity index (χ4n) is 3.78. The molecule has 4 rings (SSSR count). The van der Waals surface area contributed by atoms with Gasteiger partial charge in [0.05, 0.1) is 10.7 Å². The predicted molar refractivity (Wildman–Crippen MR) is 133 cm³/mol. The van der Waals surface area contributed by atoms with Crippen molar-refractivity contribution in [1.82, 2.24) is 19.8 Å². The van der Waals surface area contributed by atoms with Crippen LogP contribution in [0.25, 0.3) is 0 Å². The van der Waals surface area contributed by atoms with Crippen LogP contribution < -0.4 is 16.6 Å². The summed E-state index contributed by atoms with van der Waals surface area (Å²) in [5, 5.41) is 3.33.